The third-order valence-electron chi connectivity index (χ3n) is 5.63. The van der Waals surface area contributed by atoms with Crippen molar-refractivity contribution >= 4 is 11.8 Å². The van der Waals surface area contributed by atoms with Gasteiger partial charge in [-0.3, -0.25) is 9.59 Å². The molecule has 0 saturated carbocycles. The molecule has 1 fully saturated rings. The first-order valence-corrected chi connectivity index (χ1v) is 10.3. The zero-order chi connectivity index (χ0) is 21.5. The molecule has 5 nitrogen and oxygen atoms in total. The summed E-state index contributed by atoms with van der Waals surface area (Å²) in [5.41, 5.74) is 2.48. The van der Waals surface area contributed by atoms with Crippen LogP contribution in [0, 0.1) is 18.7 Å². The molecule has 2 aromatic rings. The van der Waals surface area contributed by atoms with Crippen molar-refractivity contribution in [2.24, 2.45) is 5.92 Å². The van der Waals surface area contributed by atoms with Crippen LogP contribution >= 0.6 is 0 Å². The summed E-state index contributed by atoms with van der Waals surface area (Å²) < 4.78 is 18.8. The Bertz CT molecular complexity index is 872. The van der Waals surface area contributed by atoms with E-state index in [0.717, 1.165) is 11.1 Å². The molecule has 0 aromatic heterocycles. The molecule has 0 bridgehead atoms. The van der Waals surface area contributed by atoms with Crippen molar-refractivity contribution in [2.75, 3.05) is 33.4 Å². The lowest BCUT2D eigenvalue weighted by atomic mass is 9.83. The van der Waals surface area contributed by atoms with Gasteiger partial charge >= 0.3 is 0 Å². The van der Waals surface area contributed by atoms with Gasteiger partial charge in [0.15, 0.2) is 0 Å². The number of likely N-dealkylation sites (tertiary alicyclic amines) is 1. The second-order valence-electron chi connectivity index (χ2n) is 7.88. The maximum atomic E-state index is 13.8. The van der Waals surface area contributed by atoms with E-state index in [-0.39, 0.29) is 29.5 Å². The second-order valence-corrected chi connectivity index (χ2v) is 7.88. The number of hydrogen-bond donors (Lipinski definition) is 1. The van der Waals surface area contributed by atoms with Crippen LogP contribution in [0.25, 0.3) is 0 Å². The van der Waals surface area contributed by atoms with Gasteiger partial charge in [-0.15, -0.1) is 0 Å². The SMILES string of the molecule is COCCNC(=O)[C@H]1C[C@@H](c2ccc(F)c(C)c2)CN(C(=O)Cc2ccccc2)C1. The van der Waals surface area contributed by atoms with Crippen LogP contribution < -0.4 is 5.32 Å². The van der Waals surface area contributed by atoms with Crippen LogP contribution in [0.1, 0.15) is 29.0 Å². The molecule has 0 unspecified atom stereocenters. The predicted molar refractivity (Wildman–Crippen MR) is 114 cm³/mol. The van der Waals surface area contributed by atoms with Gasteiger partial charge in [0.1, 0.15) is 5.82 Å². The van der Waals surface area contributed by atoms with E-state index in [2.05, 4.69) is 5.32 Å². The van der Waals surface area contributed by atoms with Gasteiger partial charge in [0.2, 0.25) is 11.8 Å². The molecule has 1 N–H and O–H groups in total. The van der Waals surface area contributed by atoms with Gasteiger partial charge in [-0.05, 0) is 36.1 Å². The number of carbonyl (C=O) groups excluding carboxylic acids is 2. The van der Waals surface area contributed by atoms with Gasteiger partial charge in [0.25, 0.3) is 0 Å². The number of halogens is 1. The average molecular weight is 413 g/mol. The van der Waals surface area contributed by atoms with Crippen molar-refractivity contribution in [3.05, 3.63) is 71.0 Å². The van der Waals surface area contributed by atoms with Crippen LogP contribution in [0.2, 0.25) is 0 Å². The number of nitrogens with one attached hydrogen (secondary N) is 1. The standard InChI is InChI=1S/C24H29FN2O3/c1-17-12-19(8-9-22(17)25)20-14-21(24(29)26-10-11-30-2)16-27(15-20)23(28)13-18-6-4-3-5-7-18/h3-9,12,20-21H,10-11,13-16H2,1-2H3,(H,26,29)/t20-,21+/m1/s1. The van der Waals surface area contributed by atoms with Crippen molar-refractivity contribution in [2.45, 2.75) is 25.7 Å². The van der Waals surface area contributed by atoms with Gasteiger partial charge in [0, 0.05) is 32.7 Å². The minimum Gasteiger partial charge on any atom is -0.383 e. The van der Waals surface area contributed by atoms with E-state index in [9.17, 15) is 14.0 Å². The molecule has 1 saturated heterocycles. The number of benzene rings is 2. The Morgan fingerprint density at radius 2 is 1.93 bits per heavy atom. The molecule has 2 aromatic carbocycles. The smallest absolute Gasteiger partial charge is 0.227 e. The number of rotatable bonds is 7. The quantitative estimate of drug-likeness (QED) is 0.711. The molecule has 30 heavy (non-hydrogen) atoms. The summed E-state index contributed by atoms with van der Waals surface area (Å²) in [4.78, 5) is 27.5. The largest absolute Gasteiger partial charge is 0.383 e. The monoisotopic (exact) mass is 412 g/mol. The number of hydrogen-bond acceptors (Lipinski definition) is 3. The van der Waals surface area contributed by atoms with Gasteiger partial charge in [-0.1, -0.05) is 42.5 Å². The van der Waals surface area contributed by atoms with Crippen LogP contribution in [0.5, 0.6) is 0 Å². The molecule has 0 radical (unpaired) electrons. The highest BCUT2D eigenvalue weighted by atomic mass is 19.1. The number of piperidine rings is 1. The summed E-state index contributed by atoms with van der Waals surface area (Å²) >= 11 is 0. The van der Waals surface area contributed by atoms with E-state index < -0.39 is 0 Å². The average Bonchev–Trinajstić information content (AvgIpc) is 2.76. The molecule has 160 valence electrons. The number of carbonyl (C=O) groups is 2. The van der Waals surface area contributed by atoms with Crippen molar-refractivity contribution in [3.8, 4) is 0 Å². The summed E-state index contributed by atoms with van der Waals surface area (Å²) in [6.07, 6.45) is 0.924. The summed E-state index contributed by atoms with van der Waals surface area (Å²) in [6, 6.07) is 14.6. The molecule has 0 spiro atoms. The van der Waals surface area contributed by atoms with Crippen LogP contribution in [-0.2, 0) is 20.7 Å². The molecule has 2 atom stereocenters. The lowest BCUT2D eigenvalue weighted by Crippen LogP contribution is -2.48. The second kappa shape index (κ2) is 10.3. The Hall–Kier alpha value is -2.73. The van der Waals surface area contributed by atoms with Gasteiger partial charge in [-0.25, -0.2) is 4.39 Å². The zero-order valence-electron chi connectivity index (χ0n) is 17.6. The van der Waals surface area contributed by atoms with E-state index in [1.165, 1.54) is 6.07 Å². The molecular formula is C24H29FN2O3. The van der Waals surface area contributed by atoms with Crippen molar-refractivity contribution in [3.63, 3.8) is 0 Å². The third-order valence-corrected chi connectivity index (χ3v) is 5.63. The summed E-state index contributed by atoms with van der Waals surface area (Å²) in [7, 11) is 1.59. The van der Waals surface area contributed by atoms with Crippen molar-refractivity contribution in [1.29, 1.82) is 0 Å². The predicted octanol–water partition coefficient (Wildman–Crippen LogP) is 3.07. The highest BCUT2D eigenvalue weighted by Crippen LogP contribution is 2.31. The van der Waals surface area contributed by atoms with E-state index >= 15 is 0 Å². The molecule has 1 heterocycles. The molecule has 0 aliphatic carbocycles. The Labute approximate surface area is 177 Å². The highest BCUT2D eigenvalue weighted by molar-refractivity contribution is 5.82. The molecule has 1 aliphatic rings. The lowest BCUT2D eigenvalue weighted by Gasteiger charge is -2.37. The third kappa shape index (κ3) is 5.66. The maximum absolute atomic E-state index is 13.8. The number of aryl methyl sites for hydroxylation is 1. The van der Waals surface area contributed by atoms with E-state index in [4.69, 9.17) is 4.74 Å². The number of ether oxygens (including phenoxy) is 1. The molecule has 3 rings (SSSR count). The van der Waals surface area contributed by atoms with Crippen LogP contribution in [0.3, 0.4) is 0 Å². The van der Waals surface area contributed by atoms with E-state index in [1.54, 1.807) is 25.0 Å². The first kappa shape index (κ1) is 22.0. The van der Waals surface area contributed by atoms with E-state index in [1.807, 2.05) is 36.4 Å². The van der Waals surface area contributed by atoms with Gasteiger partial charge in [-0.2, -0.15) is 0 Å². The molecule has 2 amide bonds. The fourth-order valence-corrected chi connectivity index (χ4v) is 3.96. The molecular weight excluding hydrogens is 383 g/mol. The number of amides is 2. The van der Waals surface area contributed by atoms with Crippen molar-refractivity contribution < 1.29 is 18.7 Å². The normalized spacial score (nSPS) is 18.8. The Morgan fingerprint density at radius 3 is 2.63 bits per heavy atom. The minimum atomic E-state index is -0.314. The summed E-state index contributed by atoms with van der Waals surface area (Å²) in [6.45, 7) is 3.52. The number of nitrogens with zero attached hydrogens (tertiary/aromatic N) is 1. The summed E-state index contributed by atoms with van der Waals surface area (Å²) in [5.74, 6) is -0.658. The number of methoxy groups -OCH3 is 1. The van der Waals surface area contributed by atoms with Crippen LogP contribution in [-0.4, -0.2) is 50.1 Å². The summed E-state index contributed by atoms with van der Waals surface area (Å²) in [5, 5.41) is 2.89. The maximum Gasteiger partial charge on any atom is 0.227 e. The lowest BCUT2D eigenvalue weighted by molar-refractivity contribution is -0.135. The first-order chi connectivity index (χ1) is 14.5. The van der Waals surface area contributed by atoms with Gasteiger partial charge < -0.3 is 15.0 Å². The fraction of sp³-hybridized carbons (Fsp3) is 0.417. The van der Waals surface area contributed by atoms with Gasteiger partial charge in [0.05, 0.1) is 18.9 Å². The fourth-order valence-electron chi connectivity index (χ4n) is 3.96. The Kier molecular flexibility index (Phi) is 7.57. The molecule has 1 aliphatic heterocycles. The zero-order valence-corrected chi connectivity index (χ0v) is 17.6. The van der Waals surface area contributed by atoms with Crippen LogP contribution in [0.15, 0.2) is 48.5 Å². The Balaban J connectivity index is 1.77. The minimum absolute atomic E-state index is 0.000532. The van der Waals surface area contributed by atoms with E-state index in [0.29, 0.717) is 44.6 Å². The highest BCUT2D eigenvalue weighted by Gasteiger charge is 2.34. The topological polar surface area (TPSA) is 58.6 Å². The first-order valence-electron chi connectivity index (χ1n) is 10.3. The van der Waals surface area contributed by atoms with Crippen molar-refractivity contribution in [1.82, 2.24) is 10.2 Å². The Morgan fingerprint density at radius 1 is 1.17 bits per heavy atom. The molecule has 6 heteroatoms. The van der Waals surface area contributed by atoms with Crippen LogP contribution in [0.4, 0.5) is 4.39 Å².